The second kappa shape index (κ2) is 14.3. The van der Waals surface area contributed by atoms with Gasteiger partial charge in [0, 0.05) is 11.5 Å². The molecule has 6 rings (SSSR count). The molecule has 16 heteroatoms. The molecule has 3 amide bonds. The van der Waals surface area contributed by atoms with Crippen molar-refractivity contribution >= 4 is 35.3 Å². The molecular weight excluding hydrogens is 704 g/mol. The first-order valence-electron chi connectivity index (χ1n) is 16.8. The molecule has 0 heterocycles. The highest BCUT2D eigenvalue weighted by Crippen LogP contribution is 2.56. The molecular formula is C38H38N4O12. The number of fused-ring (bicyclic) bond motifs is 3. The van der Waals surface area contributed by atoms with Gasteiger partial charge in [0.2, 0.25) is 5.78 Å². The second-order valence-electron chi connectivity index (χ2n) is 13.5. The molecule has 3 aromatic carbocycles. The summed E-state index contributed by atoms with van der Waals surface area (Å²) in [6, 6.07) is 18.1. The molecule has 0 spiro atoms. The standard InChI is InChI=1S/C38H38N4O12/c1-18-23-21(42(37(51)54-17-20-12-8-5-9-13-20)40-36(50)53-16-19-10-6-4-7-11-19)14-15-22(43)25(23)30(44)26-24(18)31(45)28-29(41(2)3)32(46)27(35(39)49)34(48)38(28,52)33(26)47/h4-15,18,24,28-29,31,43,45-47,52H,16-17H2,1-3H3,(H2,39,49)(H,40,50)/t18-,24+,28+,29-,31-,38-/m0/s1. The summed E-state index contributed by atoms with van der Waals surface area (Å²) < 4.78 is 10.9. The quantitative estimate of drug-likeness (QED) is 0.136. The van der Waals surface area contributed by atoms with E-state index >= 15 is 0 Å². The number of hydrogen-bond donors (Lipinski definition) is 7. The lowest BCUT2D eigenvalue weighted by Crippen LogP contribution is -2.68. The molecule has 0 bridgehead atoms. The number of phenolic OH excluding ortho intramolecular Hbond substituents is 1. The van der Waals surface area contributed by atoms with E-state index in [0.717, 1.165) is 6.07 Å². The SMILES string of the molecule is C[C@H]1c2c(N(NC(=O)OCc3ccccc3)C(=O)OCc3ccccc3)ccc(O)c2C(=O)C2=C(O)[C@]3(O)C(=O)C(C(N)=O)=C(O)[C@@H](N(C)C)[C@@H]3[C@@H](O)[C@@H]21. The van der Waals surface area contributed by atoms with Crippen LogP contribution < -0.4 is 16.2 Å². The van der Waals surface area contributed by atoms with Gasteiger partial charge in [-0.15, -0.1) is 0 Å². The minimum atomic E-state index is -3.12. The number of aliphatic hydroxyl groups is 4. The lowest BCUT2D eigenvalue weighted by Gasteiger charge is -2.53. The molecule has 16 nitrogen and oxygen atoms in total. The van der Waals surface area contributed by atoms with Crippen molar-refractivity contribution in [1.82, 2.24) is 10.3 Å². The number of hydrogen-bond acceptors (Lipinski definition) is 13. The van der Waals surface area contributed by atoms with Gasteiger partial charge in [0.05, 0.1) is 29.3 Å². The van der Waals surface area contributed by atoms with Crippen molar-refractivity contribution < 1.29 is 59.0 Å². The third kappa shape index (κ3) is 6.09. The van der Waals surface area contributed by atoms with E-state index in [-0.39, 0.29) is 24.5 Å². The van der Waals surface area contributed by atoms with Crippen molar-refractivity contribution in [2.75, 3.05) is 19.1 Å². The van der Waals surface area contributed by atoms with Gasteiger partial charge in [-0.3, -0.25) is 19.3 Å². The van der Waals surface area contributed by atoms with E-state index in [4.69, 9.17) is 15.2 Å². The number of Topliss-reactive ketones (excluding diaryl/α,β-unsaturated/α-hetero) is 2. The highest BCUT2D eigenvalue weighted by Gasteiger charge is 2.67. The number of anilines is 1. The van der Waals surface area contributed by atoms with Gasteiger partial charge in [0.25, 0.3) is 5.91 Å². The maximum atomic E-state index is 14.4. The minimum Gasteiger partial charge on any atom is -0.510 e. The van der Waals surface area contributed by atoms with E-state index in [1.807, 2.05) is 0 Å². The Morgan fingerprint density at radius 2 is 1.46 bits per heavy atom. The molecule has 0 aromatic heterocycles. The number of benzene rings is 3. The van der Waals surface area contributed by atoms with Crippen LogP contribution in [0.5, 0.6) is 5.75 Å². The number of nitrogens with zero attached hydrogens (tertiary/aromatic N) is 2. The number of nitrogens with two attached hydrogens (primary N) is 1. The molecule has 0 fully saturated rings. The van der Waals surface area contributed by atoms with Crippen LogP contribution in [-0.4, -0.2) is 91.9 Å². The fraction of sp³-hybridized carbons (Fsp3) is 0.289. The Kier molecular flexibility index (Phi) is 9.94. The molecule has 3 aliphatic carbocycles. The summed E-state index contributed by atoms with van der Waals surface area (Å²) in [5.41, 5.74) is 3.41. The van der Waals surface area contributed by atoms with Crippen molar-refractivity contribution in [2.24, 2.45) is 17.6 Å². The zero-order valence-corrected chi connectivity index (χ0v) is 29.3. The summed E-state index contributed by atoms with van der Waals surface area (Å²) in [6.45, 7) is 1.07. The zero-order valence-electron chi connectivity index (χ0n) is 29.3. The lowest BCUT2D eigenvalue weighted by atomic mass is 9.55. The topological polar surface area (TPSA) is 249 Å². The Balaban J connectivity index is 1.47. The van der Waals surface area contributed by atoms with E-state index in [1.165, 1.54) is 32.0 Å². The molecule has 8 N–H and O–H groups in total. The van der Waals surface area contributed by atoms with E-state index in [1.54, 1.807) is 60.7 Å². The first-order chi connectivity index (χ1) is 25.6. The smallest absolute Gasteiger partial charge is 0.433 e. The predicted octanol–water partition coefficient (Wildman–Crippen LogP) is 2.64. The molecule has 0 saturated heterocycles. The van der Waals surface area contributed by atoms with E-state index < -0.39 is 99.1 Å². The normalized spacial score (nSPS) is 24.7. The van der Waals surface area contributed by atoms with Gasteiger partial charge in [-0.25, -0.2) is 15.0 Å². The monoisotopic (exact) mass is 742 g/mol. The fourth-order valence-electron chi connectivity index (χ4n) is 7.71. The molecule has 0 radical (unpaired) electrons. The van der Waals surface area contributed by atoms with Crippen LogP contribution in [0.15, 0.2) is 95.5 Å². The number of amides is 3. The van der Waals surface area contributed by atoms with Crippen LogP contribution in [0.2, 0.25) is 0 Å². The summed E-state index contributed by atoms with van der Waals surface area (Å²) >= 11 is 0. The van der Waals surface area contributed by atoms with Crippen LogP contribution >= 0.6 is 0 Å². The number of nitrogens with one attached hydrogen (secondary N) is 1. The number of primary amides is 1. The van der Waals surface area contributed by atoms with Gasteiger partial charge in [-0.2, -0.15) is 5.01 Å². The Morgan fingerprint density at radius 1 is 0.889 bits per heavy atom. The van der Waals surface area contributed by atoms with Crippen LogP contribution in [0.1, 0.15) is 39.9 Å². The Morgan fingerprint density at radius 3 is 2.02 bits per heavy atom. The van der Waals surface area contributed by atoms with Crippen LogP contribution in [0.4, 0.5) is 15.3 Å². The molecule has 54 heavy (non-hydrogen) atoms. The maximum Gasteiger partial charge on any atom is 0.433 e. The Bertz CT molecular complexity index is 2100. The van der Waals surface area contributed by atoms with E-state index in [9.17, 15) is 49.5 Å². The minimum absolute atomic E-state index is 0.0906. The maximum absolute atomic E-state index is 14.4. The molecule has 0 unspecified atom stereocenters. The third-order valence-electron chi connectivity index (χ3n) is 10.1. The van der Waals surface area contributed by atoms with Gasteiger partial charge >= 0.3 is 12.2 Å². The number of rotatable bonds is 7. The number of ether oxygens (including phenoxy) is 2. The number of phenols is 1. The number of likely N-dealkylation sites (N-methyl/N-ethyl adjacent to an activating group) is 1. The largest absolute Gasteiger partial charge is 0.510 e. The lowest BCUT2D eigenvalue weighted by molar-refractivity contribution is -0.162. The number of carbonyl (C=O) groups excluding carboxylic acids is 5. The highest BCUT2D eigenvalue weighted by atomic mass is 16.6. The van der Waals surface area contributed by atoms with Crippen LogP contribution in [0.25, 0.3) is 0 Å². The van der Waals surface area contributed by atoms with Crippen LogP contribution in [0, 0.1) is 11.8 Å². The second-order valence-corrected chi connectivity index (χ2v) is 13.5. The molecule has 282 valence electrons. The molecule has 3 aliphatic rings. The van der Waals surface area contributed by atoms with Gasteiger partial charge in [-0.1, -0.05) is 67.6 Å². The van der Waals surface area contributed by atoms with Crippen molar-refractivity contribution in [2.45, 2.75) is 43.8 Å². The van der Waals surface area contributed by atoms with Crippen molar-refractivity contribution in [3.05, 3.63) is 118 Å². The summed E-state index contributed by atoms with van der Waals surface area (Å²) in [4.78, 5) is 68.8. The van der Waals surface area contributed by atoms with Gasteiger partial charge < -0.3 is 40.7 Å². The van der Waals surface area contributed by atoms with Gasteiger partial charge in [0.1, 0.15) is 36.1 Å². The Hall–Kier alpha value is -6.23. The van der Waals surface area contributed by atoms with Crippen LogP contribution in [-0.2, 0) is 32.3 Å². The fourth-order valence-corrected chi connectivity index (χ4v) is 7.71. The molecule has 0 aliphatic heterocycles. The zero-order chi connectivity index (χ0) is 39.2. The summed E-state index contributed by atoms with van der Waals surface area (Å²) in [7, 11) is 2.84. The van der Waals surface area contributed by atoms with Crippen molar-refractivity contribution in [3.63, 3.8) is 0 Å². The summed E-state index contributed by atoms with van der Waals surface area (Å²) in [6.07, 6.45) is -4.14. The number of aliphatic hydroxyl groups excluding tert-OH is 3. The van der Waals surface area contributed by atoms with Gasteiger partial charge in [-0.05, 0) is 48.8 Å². The van der Waals surface area contributed by atoms with Crippen molar-refractivity contribution in [3.8, 4) is 5.75 Å². The van der Waals surface area contributed by atoms with E-state index in [2.05, 4.69) is 5.43 Å². The highest BCUT2D eigenvalue weighted by molar-refractivity contribution is 6.25. The third-order valence-corrected chi connectivity index (χ3v) is 10.1. The summed E-state index contributed by atoms with van der Waals surface area (Å²) in [5.74, 6) is -11.2. The predicted molar refractivity (Wildman–Crippen MR) is 189 cm³/mol. The molecule has 3 aromatic rings. The number of aromatic hydroxyl groups is 1. The van der Waals surface area contributed by atoms with E-state index in [0.29, 0.717) is 16.1 Å². The number of hydrazine groups is 1. The average molecular weight is 743 g/mol. The first-order valence-corrected chi connectivity index (χ1v) is 16.8. The van der Waals surface area contributed by atoms with Crippen molar-refractivity contribution in [1.29, 1.82) is 0 Å². The van der Waals surface area contributed by atoms with Gasteiger partial charge in [0.15, 0.2) is 11.4 Å². The summed E-state index contributed by atoms with van der Waals surface area (Å²) in [5, 5.41) is 58.7. The molecule has 0 saturated carbocycles. The first kappa shape index (κ1) is 37.5. The van der Waals surface area contributed by atoms with Crippen LogP contribution in [0.3, 0.4) is 0 Å². The average Bonchev–Trinajstić information content (AvgIpc) is 3.14. The molecule has 6 atom stereocenters. The number of carbonyl (C=O) groups is 5. The Labute approximate surface area is 308 Å². The number of ketones is 2.